The van der Waals surface area contributed by atoms with Crippen molar-refractivity contribution in [2.24, 2.45) is 7.05 Å². The van der Waals surface area contributed by atoms with E-state index in [2.05, 4.69) is 5.32 Å². The first kappa shape index (κ1) is 17.2. The average Bonchev–Trinajstić information content (AvgIpc) is 2.89. The monoisotopic (exact) mass is 331 g/mol. The number of nitro groups is 1. The van der Waals surface area contributed by atoms with Crippen molar-refractivity contribution in [1.82, 2.24) is 9.88 Å². The van der Waals surface area contributed by atoms with E-state index in [9.17, 15) is 19.7 Å². The molecule has 8 heteroatoms. The Morgan fingerprint density at radius 3 is 2.46 bits per heavy atom. The number of carbonyl (C=O) groups is 2. The molecule has 2 N–H and O–H groups in total. The number of carboxylic acid groups (broad SMARTS) is 1. The third kappa shape index (κ3) is 3.97. The van der Waals surface area contributed by atoms with Gasteiger partial charge in [-0.25, -0.2) is 0 Å². The van der Waals surface area contributed by atoms with Gasteiger partial charge in [0.15, 0.2) is 0 Å². The van der Waals surface area contributed by atoms with Gasteiger partial charge in [-0.2, -0.15) is 0 Å². The Hall–Kier alpha value is -3.16. The molecule has 2 rings (SSSR count). The number of aliphatic carboxylic acids is 1. The van der Waals surface area contributed by atoms with E-state index >= 15 is 0 Å². The minimum absolute atomic E-state index is 0.0872. The number of rotatable bonds is 6. The van der Waals surface area contributed by atoms with Crippen LogP contribution in [-0.4, -0.2) is 26.5 Å². The number of hydrogen-bond donors (Lipinski definition) is 2. The lowest BCUT2D eigenvalue weighted by Gasteiger charge is -2.17. The number of nitrogens with zero attached hydrogens (tertiary/aromatic N) is 2. The van der Waals surface area contributed by atoms with Gasteiger partial charge < -0.3 is 15.0 Å². The van der Waals surface area contributed by atoms with Gasteiger partial charge in [0.05, 0.1) is 23.6 Å². The average molecular weight is 331 g/mol. The molecule has 0 saturated carbocycles. The minimum atomic E-state index is -1.06. The maximum absolute atomic E-state index is 12.4. The molecule has 0 radical (unpaired) electrons. The van der Waals surface area contributed by atoms with Gasteiger partial charge in [-0.05, 0) is 12.5 Å². The SMILES string of the molecule is Cc1ccc(C(CC(=O)O)NC(=O)c2cc([N+](=O)[O-])cn2C)cc1. The van der Waals surface area contributed by atoms with E-state index in [4.69, 9.17) is 5.11 Å². The molecule has 8 nitrogen and oxygen atoms in total. The number of benzene rings is 1. The van der Waals surface area contributed by atoms with E-state index in [0.29, 0.717) is 5.56 Å². The van der Waals surface area contributed by atoms with Crippen LogP contribution in [0.1, 0.15) is 34.1 Å². The summed E-state index contributed by atoms with van der Waals surface area (Å²) in [5.74, 6) is -1.63. The highest BCUT2D eigenvalue weighted by Gasteiger charge is 2.22. The molecule has 1 aromatic heterocycles. The van der Waals surface area contributed by atoms with Crippen molar-refractivity contribution >= 4 is 17.6 Å². The fraction of sp³-hybridized carbons (Fsp3) is 0.250. The van der Waals surface area contributed by atoms with E-state index in [1.165, 1.54) is 17.8 Å². The Bertz CT molecular complexity index is 780. The van der Waals surface area contributed by atoms with Crippen LogP contribution < -0.4 is 5.32 Å². The van der Waals surface area contributed by atoms with Crippen LogP contribution in [0.2, 0.25) is 0 Å². The van der Waals surface area contributed by atoms with E-state index in [1.54, 1.807) is 12.1 Å². The van der Waals surface area contributed by atoms with Crippen molar-refractivity contribution in [3.63, 3.8) is 0 Å². The summed E-state index contributed by atoms with van der Waals surface area (Å²) in [4.78, 5) is 33.7. The molecule has 1 heterocycles. The van der Waals surface area contributed by atoms with Crippen LogP contribution in [0.15, 0.2) is 36.5 Å². The van der Waals surface area contributed by atoms with E-state index in [-0.39, 0.29) is 17.8 Å². The lowest BCUT2D eigenvalue weighted by molar-refractivity contribution is -0.384. The number of hydrogen-bond acceptors (Lipinski definition) is 4. The van der Waals surface area contributed by atoms with Crippen LogP contribution in [0.25, 0.3) is 0 Å². The molecular weight excluding hydrogens is 314 g/mol. The second-order valence-electron chi connectivity index (χ2n) is 5.49. The van der Waals surface area contributed by atoms with E-state index in [1.807, 2.05) is 19.1 Å². The molecule has 0 aliphatic rings. The highest BCUT2D eigenvalue weighted by Crippen LogP contribution is 2.20. The largest absolute Gasteiger partial charge is 0.481 e. The van der Waals surface area contributed by atoms with Crippen molar-refractivity contribution in [2.45, 2.75) is 19.4 Å². The molecule has 0 saturated heterocycles. The maximum Gasteiger partial charge on any atom is 0.305 e. The summed E-state index contributed by atoms with van der Waals surface area (Å²) in [6.07, 6.45) is 0.939. The molecule has 0 spiro atoms. The molecule has 0 fully saturated rings. The number of aryl methyl sites for hydroxylation is 2. The number of nitrogens with one attached hydrogen (secondary N) is 1. The first-order valence-electron chi connectivity index (χ1n) is 7.18. The zero-order chi connectivity index (χ0) is 17.9. The molecule has 0 bridgehead atoms. The molecule has 1 aromatic carbocycles. The van der Waals surface area contributed by atoms with Crippen LogP contribution in [0, 0.1) is 17.0 Å². The van der Waals surface area contributed by atoms with Gasteiger partial charge >= 0.3 is 5.97 Å². The van der Waals surface area contributed by atoms with Crippen molar-refractivity contribution < 1.29 is 19.6 Å². The highest BCUT2D eigenvalue weighted by atomic mass is 16.6. The van der Waals surface area contributed by atoms with Gasteiger partial charge in [0.1, 0.15) is 5.69 Å². The Morgan fingerprint density at radius 1 is 1.33 bits per heavy atom. The van der Waals surface area contributed by atoms with Crippen molar-refractivity contribution in [3.8, 4) is 0 Å². The quantitative estimate of drug-likeness (QED) is 0.622. The third-order valence-electron chi connectivity index (χ3n) is 3.60. The van der Waals surface area contributed by atoms with Crippen LogP contribution in [0.3, 0.4) is 0 Å². The molecule has 1 unspecified atom stereocenters. The van der Waals surface area contributed by atoms with Gasteiger partial charge in [-0.3, -0.25) is 19.7 Å². The molecule has 0 aliphatic carbocycles. The fourth-order valence-electron chi connectivity index (χ4n) is 2.33. The van der Waals surface area contributed by atoms with Crippen LogP contribution in [0.5, 0.6) is 0 Å². The number of amides is 1. The normalized spacial score (nSPS) is 11.8. The Morgan fingerprint density at radius 2 is 1.96 bits per heavy atom. The summed E-state index contributed by atoms with van der Waals surface area (Å²) in [6, 6.07) is 7.56. The van der Waals surface area contributed by atoms with E-state index in [0.717, 1.165) is 11.6 Å². The second kappa shape index (κ2) is 6.95. The van der Waals surface area contributed by atoms with Gasteiger partial charge in [0.25, 0.3) is 11.6 Å². The topological polar surface area (TPSA) is 114 Å². The highest BCUT2D eigenvalue weighted by molar-refractivity contribution is 5.94. The summed E-state index contributed by atoms with van der Waals surface area (Å²) >= 11 is 0. The third-order valence-corrected chi connectivity index (χ3v) is 3.60. The number of carbonyl (C=O) groups excluding carboxylic acids is 1. The summed E-state index contributed by atoms with van der Waals surface area (Å²) in [7, 11) is 1.51. The Labute approximate surface area is 137 Å². The van der Waals surface area contributed by atoms with Crippen LogP contribution >= 0.6 is 0 Å². The maximum atomic E-state index is 12.4. The van der Waals surface area contributed by atoms with Crippen molar-refractivity contribution in [3.05, 3.63) is 63.5 Å². The number of aromatic nitrogens is 1. The first-order valence-corrected chi connectivity index (χ1v) is 7.18. The Balaban J connectivity index is 2.25. The van der Waals surface area contributed by atoms with Gasteiger partial charge in [-0.15, -0.1) is 0 Å². The van der Waals surface area contributed by atoms with Crippen LogP contribution in [-0.2, 0) is 11.8 Å². The van der Waals surface area contributed by atoms with Gasteiger partial charge in [0, 0.05) is 13.1 Å². The molecule has 126 valence electrons. The smallest absolute Gasteiger partial charge is 0.305 e. The second-order valence-corrected chi connectivity index (χ2v) is 5.49. The van der Waals surface area contributed by atoms with Crippen LogP contribution in [0.4, 0.5) is 5.69 Å². The standard InChI is InChI=1S/C16H17N3O5/c1-10-3-5-11(6-4-10)13(8-15(20)21)17-16(22)14-7-12(19(23)24)9-18(14)2/h3-7,9,13H,8H2,1-2H3,(H,17,22)(H,20,21). The van der Waals surface area contributed by atoms with Gasteiger partial charge in [0.2, 0.25) is 0 Å². The van der Waals surface area contributed by atoms with Crippen molar-refractivity contribution in [1.29, 1.82) is 0 Å². The number of carboxylic acids is 1. The molecule has 2 aromatic rings. The fourth-order valence-corrected chi connectivity index (χ4v) is 2.33. The summed E-state index contributed by atoms with van der Waals surface area (Å²) < 4.78 is 1.33. The lowest BCUT2D eigenvalue weighted by Crippen LogP contribution is -2.31. The summed E-state index contributed by atoms with van der Waals surface area (Å²) in [5, 5.41) is 22.5. The summed E-state index contributed by atoms with van der Waals surface area (Å²) in [6.45, 7) is 1.90. The molecule has 0 aliphatic heterocycles. The molecule has 24 heavy (non-hydrogen) atoms. The van der Waals surface area contributed by atoms with E-state index < -0.39 is 22.8 Å². The Kier molecular flexibility index (Phi) is 4.98. The zero-order valence-electron chi connectivity index (χ0n) is 13.2. The van der Waals surface area contributed by atoms with Crippen molar-refractivity contribution in [2.75, 3.05) is 0 Å². The predicted octanol–water partition coefficient (Wildman–Crippen LogP) is 2.19. The zero-order valence-corrected chi connectivity index (χ0v) is 13.2. The summed E-state index contributed by atoms with van der Waals surface area (Å²) in [5.41, 5.74) is 1.55. The molecule has 1 atom stereocenters. The lowest BCUT2D eigenvalue weighted by atomic mass is 10.0. The minimum Gasteiger partial charge on any atom is -0.481 e. The predicted molar refractivity (Wildman–Crippen MR) is 85.7 cm³/mol. The first-order chi connectivity index (χ1) is 11.3. The molecule has 1 amide bonds. The molecular formula is C16H17N3O5. The van der Waals surface area contributed by atoms with Gasteiger partial charge in [-0.1, -0.05) is 29.8 Å².